The molecule has 0 aromatic carbocycles. The third-order valence-corrected chi connectivity index (χ3v) is 4.47. The lowest BCUT2D eigenvalue weighted by Gasteiger charge is -2.36. The Labute approximate surface area is 114 Å². The monoisotopic (exact) mass is 268 g/mol. The van der Waals surface area contributed by atoms with Gasteiger partial charge in [-0.15, -0.1) is 0 Å². The molecule has 100 valence electrons. The van der Waals surface area contributed by atoms with E-state index in [1.165, 1.54) is 32.0 Å². The van der Waals surface area contributed by atoms with E-state index in [4.69, 9.17) is 11.6 Å². The average Bonchev–Trinajstić information content (AvgIpc) is 2.81. The third kappa shape index (κ3) is 2.59. The van der Waals surface area contributed by atoms with Gasteiger partial charge in [0, 0.05) is 17.6 Å². The predicted molar refractivity (Wildman–Crippen MR) is 75.2 cm³/mol. The number of likely N-dealkylation sites (N-methyl/N-ethyl adjacent to an activating group) is 1. The summed E-state index contributed by atoms with van der Waals surface area (Å²) in [5, 5.41) is 3.97. The van der Waals surface area contributed by atoms with Crippen LogP contribution in [0, 0.1) is 6.92 Å². The minimum atomic E-state index is 0.254. The van der Waals surface area contributed by atoms with Crippen LogP contribution >= 0.6 is 11.6 Å². The van der Waals surface area contributed by atoms with Crippen LogP contribution in [0.1, 0.15) is 31.2 Å². The fraction of sp³-hybridized carbons (Fsp3) is 0.692. The van der Waals surface area contributed by atoms with Crippen molar-refractivity contribution in [3.8, 4) is 0 Å². The number of hydrogen-bond donors (Lipinski definition) is 1. The van der Waals surface area contributed by atoms with E-state index < -0.39 is 0 Å². The van der Waals surface area contributed by atoms with Crippen LogP contribution in [0.2, 0.25) is 5.15 Å². The Bertz CT molecular complexity index is 413. The molecule has 0 aliphatic heterocycles. The highest BCUT2D eigenvalue weighted by Gasteiger charge is 2.35. The standard InChI is InChI=1S/C13H21ClN4/c1-10-11(14)16-9-17-12(10)15-8-13(18(2)3)6-4-5-7-13/h9H,4-8H2,1-3H3,(H,15,16,17). The molecule has 0 bridgehead atoms. The molecule has 18 heavy (non-hydrogen) atoms. The van der Waals surface area contributed by atoms with E-state index in [1.54, 1.807) is 0 Å². The molecule has 1 heterocycles. The van der Waals surface area contributed by atoms with E-state index in [1.807, 2.05) is 6.92 Å². The second-order valence-corrected chi connectivity index (χ2v) is 5.68. The SMILES string of the molecule is Cc1c(Cl)ncnc1NCC1(N(C)C)CCCC1. The fourth-order valence-corrected chi connectivity index (χ4v) is 2.80. The van der Waals surface area contributed by atoms with Crippen LogP contribution in [-0.2, 0) is 0 Å². The van der Waals surface area contributed by atoms with Gasteiger partial charge in [-0.05, 0) is 33.9 Å². The first-order chi connectivity index (χ1) is 8.55. The predicted octanol–water partition coefficient (Wildman–Crippen LogP) is 2.72. The van der Waals surface area contributed by atoms with Crippen LogP contribution in [0.5, 0.6) is 0 Å². The topological polar surface area (TPSA) is 41.1 Å². The van der Waals surface area contributed by atoms with Gasteiger partial charge in [-0.3, -0.25) is 0 Å². The summed E-state index contributed by atoms with van der Waals surface area (Å²) in [6.07, 6.45) is 6.61. The molecule has 1 aromatic heterocycles. The summed E-state index contributed by atoms with van der Waals surface area (Å²) in [7, 11) is 4.32. The Morgan fingerprint density at radius 1 is 1.33 bits per heavy atom. The van der Waals surface area contributed by atoms with Gasteiger partial charge in [0.25, 0.3) is 0 Å². The second kappa shape index (κ2) is 5.41. The first kappa shape index (κ1) is 13.6. The number of nitrogens with zero attached hydrogens (tertiary/aromatic N) is 3. The lowest BCUT2D eigenvalue weighted by atomic mass is 9.96. The maximum atomic E-state index is 6.00. The van der Waals surface area contributed by atoms with Gasteiger partial charge in [0.1, 0.15) is 17.3 Å². The first-order valence-corrected chi connectivity index (χ1v) is 6.81. The zero-order valence-corrected chi connectivity index (χ0v) is 12.1. The molecule has 0 unspecified atom stereocenters. The van der Waals surface area contributed by atoms with Gasteiger partial charge in [0.2, 0.25) is 0 Å². The Morgan fingerprint density at radius 3 is 2.61 bits per heavy atom. The molecular formula is C13H21ClN4. The molecule has 5 heteroatoms. The van der Waals surface area contributed by atoms with E-state index >= 15 is 0 Å². The Kier molecular flexibility index (Phi) is 4.07. The fourth-order valence-electron chi connectivity index (χ4n) is 2.67. The van der Waals surface area contributed by atoms with Crippen LogP contribution in [-0.4, -0.2) is 41.0 Å². The van der Waals surface area contributed by atoms with E-state index in [2.05, 4.69) is 34.3 Å². The Balaban J connectivity index is 2.08. The minimum absolute atomic E-state index is 0.254. The van der Waals surface area contributed by atoms with Gasteiger partial charge in [0.05, 0.1) is 0 Å². The quantitative estimate of drug-likeness (QED) is 0.853. The Morgan fingerprint density at radius 2 is 2.00 bits per heavy atom. The van der Waals surface area contributed by atoms with Crippen molar-refractivity contribution in [3.05, 3.63) is 17.0 Å². The zero-order valence-electron chi connectivity index (χ0n) is 11.3. The van der Waals surface area contributed by atoms with Crippen molar-refractivity contribution in [3.63, 3.8) is 0 Å². The first-order valence-electron chi connectivity index (χ1n) is 6.43. The molecule has 2 rings (SSSR count). The highest BCUT2D eigenvalue weighted by Crippen LogP contribution is 2.34. The minimum Gasteiger partial charge on any atom is -0.368 e. The van der Waals surface area contributed by atoms with Crippen molar-refractivity contribution < 1.29 is 0 Å². The number of hydrogen-bond acceptors (Lipinski definition) is 4. The molecule has 1 N–H and O–H groups in total. The van der Waals surface area contributed by atoms with Crippen molar-refractivity contribution in [1.82, 2.24) is 14.9 Å². The van der Waals surface area contributed by atoms with Gasteiger partial charge in [-0.1, -0.05) is 24.4 Å². The molecule has 0 amide bonds. The lowest BCUT2D eigenvalue weighted by Crippen LogP contribution is -2.47. The molecule has 0 radical (unpaired) electrons. The average molecular weight is 269 g/mol. The third-order valence-electron chi connectivity index (χ3n) is 4.09. The molecule has 1 fully saturated rings. The number of rotatable bonds is 4. The van der Waals surface area contributed by atoms with Crippen molar-refractivity contribution in [2.24, 2.45) is 0 Å². The molecule has 4 nitrogen and oxygen atoms in total. The van der Waals surface area contributed by atoms with Crippen molar-refractivity contribution in [1.29, 1.82) is 0 Å². The molecule has 0 atom stereocenters. The molecule has 0 saturated heterocycles. The highest BCUT2D eigenvalue weighted by molar-refractivity contribution is 6.30. The van der Waals surface area contributed by atoms with E-state index in [9.17, 15) is 0 Å². The van der Waals surface area contributed by atoms with Crippen LogP contribution < -0.4 is 5.32 Å². The molecule has 0 spiro atoms. The van der Waals surface area contributed by atoms with Gasteiger partial charge < -0.3 is 10.2 Å². The van der Waals surface area contributed by atoms with Crippen molar-refractivity contribution >= 4 is 17.4 Å². The van der Waals surface area contributed by atoms with Crippen molar-refractivity contribution in [2.45, 2.75) is 38.1 Å². The molecular weight excluding hydrogens is 248 g/mol. The van der Waals surface area contributed by atoms with Crippen LogP contribution in [0.4, 0.5) is 5.82 Å². The second-order valence-electron chi connectivity index (χ2n) is 5.32. The molecule has 1 aliphatic carbocycles. The summed E-state index contributed by atoms with van der Waals surface area (Å²) in [6, 6.07) is 0. The Hall–Kier alpha value is -0.870. The van der Waals surface area contributed by atoms with Crippen LogP contribution in [0.15, 0.2) is 6.33 Å². The zero-order chi connectivity index (χ0) is 13.2. The smallest absolute Gasteiger partial charge is 0.137 e. The normalized spacial score (nSPS) is 18.3. The maximum absolute atomic E-state index is 6.00. The van der Waals surface area contributed by atoms with Crippen LogP contribution in [0.25, 0.3) is 0 Å². The number of halogens is 1. The summed E-state index contributed by atoms with van der Waals surface area (Å²) in [6.45, 7) is 2.86. The largest absolute Gasteiger partial charge is 0.368 e. The summed E-state index contributed by atoms with van der Waals surface area (Å²) < 4.78 is 0. The van der Waals surface area contributed by atoms with Gasteiger partial charge >= 0.3 is 0 Å². The maximum Gasteiger partial charge on any atom is 0.137 e. The summed E-state index contributed by atoms with van der Waals surface area (Å²) in [5.74, 6) is 0.850. The van der Waals surface area contributed by atoms with Gasteiger partial charge in [-0.2, -0.15) is 0 Å². The van der Waals surface area contributed by atoms with E-state index in [0.717, 1.165) is 17.9 Å². The summed E-state index contributed by atoms with van der Waals surface area (Å²) in [4.78, 5) is 10.6. The van der Waals surface area contributed by atoms with Gasteiger partial charge in [-0.25, -0.2) is 9.97 Å². The number of nitrogens with one attached hydrogen (secondary N) is 1. The van der Waals surface area contributed by atoms with E-state index in [0.29, 0.717) is 5.15 Å². The molecule has 1 aliphatic rings. The lowest BCUT2D eigenvalue weighted by molar-refractivity contribution is 0.172. The molecule has 1 saturated carbocycles. The summed E-state index contributed by atoms with van der Waals surface area (Å²) in [5.41, 5.74) is 1.18. The molecule has 1 aromatic rings. The number of aromatic nitrogens is 2. The highest BCUT2D eigenvalue weighted by atomic mass is 35.5. The van der Waals surface area contributed by atoms with Gasteiger partial charge in [0.15, 0.2) is 0 Å². The van der Waals surface area contributed by atoms with Crippen LogP contribution in [0.3, 0.4) is 0 Å². The number of anilines is 1. The van der Waals surface area contributed by atoms with E-state index in [-0.39, 0.29) is 5.54 Å². The van der Waals surface area contributed by atoms with Crippen molar-refractivity contribution in [2.75, 3.05) is 26.0 Å². The summed E-state index contributed by atoms with van der Waals surface area (Å²) >= 11 is 6.00.